The van der Waals surface area contributed by atoms with E-state index in [0.29, 0.717) is 17.2 Å². The number of epoxide rings is 1. The lowest BCUT2D eigenvalue weighted by Gasteiger charge is -2.34. The van der Waals surface area contributed by atoms with Crippen molar-refractivity contribution in [2.45, 2.75) is 31.5 Å². The maximum Gasteiger partial charge on any atom is 0.338 e. The molecule has 2 aliphatic rings. The Labute approximate surface area is 158 Å². The fourth-order valence-corrected chi connectivity index (χ4v) is 3.65. The molecule has 5 heteroatoms. The third-order valence-electron chi connectivity index (χ3n) is 5.32. The van der Waals surface area contributed by atoms with E-state index in [0.717, 1.165) is 19.3 Å². The molecular weight excluding hydrogens is 344 g/mol. The Bertz CT molecular complexity index is 746. The first-order valence-electron chi connectivity index (χ1n) is 9.25. The topological polar surface area (TPSA) is 65.1 Å². The first-order chi connectivity index (χ1) is 13.2. The van der Waals surface area contributed by atoms with Crippen molar-refractivity contribution in [2.24, 2.45) is 5.41 Å². The summed E-state index contributed by atoms with van der Waals surface area (Å²) in [5.74, 6) is -0.716. The third-order valence-corrected chi connectivity index (χ3v) is 5.32. The van der Waals surface area contributed by atoms with Crippen molar-refractivity contribution in [1.82, 2.24) is 0 Å². The highest BCUT2D eigenvalue weighted by Gasteiger charge is 2.51. The molecule has 0 spiro atoms. The zero-order valence-electron chi connectivity index (χ0n) is 15.0. The van der Waals surface area contributed by atoms with E-state index in [2.05, 4.69) is 0 Å². The average molecular weight is 366 g/mol. The largest absolute Gasteiger partial charge is 0.461 e. The maximum atomic E-state index is 12.3. The predicted molar refractivity (Wildman–Crippen MR) is 98.4 cm³/mol. The molecule has 1 heterocycles. The predicted octanol–water partition coefficient (Wildman–Crippen LogP) is 3.64. The molecule has 5 nitrogen and oxygen atoms in total. The monoisotopic (exact) mass is 366 g/mol. The fourth-order valence-electron chi connectivity index (χ4n) is 3.65. The molecule has 0 radical (unpaired) electrons. The van der Waals surface area contributed by atoms with Gasteiger partial charge in [-0.25, -0.2) is 9.59 Å². The molecule has 1 saturated heterocycles. The molecule has 2 aromatic rings. The Balaban J connectivity index is 1.40. The van der Waals surface area contributed by atoms with Crippen LogP contribution in [0.5, 0.6) is 0 Å². The molecule has 2 aromatic carbocycles. The van der Waals surface area contributed by atoms with Crippen molar-refractivity contribution >= 4 is 11.9 Å². The van der Waals surface area contributed by atoms with E-state index < -0.39 is 5.41 Å². The number of ether oxygens (including phenoxy) is 3. The Hall–Kier alpha value is -2.66. The molecule has 2 atom stereocenters. The fraction of sp³-hybridized carbons (Fsp3) is 0.364. The van der Waals surface area contributed by atoms with Gasteiger partial charge in [0.05, 0.1) is 23.3 Å². The Morgan fingerprint density at radius 3 is 1.85 bits per heavy atom. The number of carbonyl (C=O) groups excluding carboxylic acids is 2. The van der Waals surface area contributed by atoms with Gasteiger partial charge < -0.3 is 14.2 Å². The van der Waals surface area contributed by atoms with Gasteiger partial charge in [-0.3, -0.25) is 0 Å². The summed E-state index contributed by atoms with van der Waals surface area (Å²) in [6, 6.07) is 17.8. The van der Waals surface area contributed by atoms with Crippen LogP contribution in [0.25, 0.3) is 0 Å². The molecule has 1 aliphatic carbocycles. The number of hydrogen-bond donors (Lipinski definition) is 0. The molecule has 27 heavy (non-hydrogen) atoms. The van der Waals surface area contributed by atoms with Crippen LogP contribution in [0.15, 0.2) is 60.7 Å². The zero-order chi connectivity index (χ0) is 18.7. The normalized spacial score (nSPS) is 22.4. The van der Waals surface area contributed by atoms with Crippen LogP contribution in [0.4, 0.5) is 0 Å². The lowest BCUT2D eigenvalue weighted by atomic mass is 9.75. The smallest absolute Gasteiger partial charge is 0.338 e. The minimum atomic E-state index is -0.396. The third kappa shape index (κ3) is 4.19. The highest BCUT2D eigenvalue weighted by atomic mass is 16.6. The second-order valence-corrected chi connectivity index (χ2v) is 7.34. The van der Waals surface area contributed by atoms with Gasteiger partial charge in [0, 0.05) is 5.41 Å². The number of fused-ring (bicyclic) bond motifs is 1. The van der Waals surface area contributed by atoms with Crippen LogP contribution in [-0.2, 0) is 14.2 Å². The molecule has 0 aromatic heterocycles. The molecule has 0 N–H and O–H groups in total. The highest BCUT2D eigenvalue weighted by Crippen LogP contribution is 2.47. The maximum absolute atomic E-state index is 12.3. The van der Waals surface area contributed by atoms with Gasteiger partial charge >= 0.3 is 11.9 Å². The minimum absolute atomic E-state index is 0.185. The standard InChI is InChI=1S/C22H22O5/c23-20(16-7-3-1-4-8-16)25-14-22(12-11-18-19(13-22)27-18)15-26-21(24)17-9-5-2-6-10-17/h1-10,18-19H,11-15H2. The summed E-state index contributed by atoms with van der Waals surface area (Å²) in [4.78, 5) is 24.6. The van der Waals surface area contributed by atoms with Gasteiger partial charge in [-0.1, -0.05) is 36.4 Å². The van der Waals surface area contributed by atoms with Crippen LogP contribution in [0.3, 0.4) is 0 Å². The van der Waals surface area contributed by atoms with Gasteiger partial charge in [-0.2, -0.15) is 0 Å². The number of esters is 2. The minimum Gasteiger partial charge on any atom is -0.461 e. The van der Waals surface area contributed by atoms with Gasteiger partial charge in [-0.15, -0.1) is 0 Å². The molecule has 0 amide bonds. The number of benzene rings is 2. The Morgan fingerprint density at radius 1 is 0.852 bits per heavy atom. The Kier molecular flexibility index (Phi) is 4.94. The van der Waals surface area contributed by atoms with Crippen molar-refractivity contribution < 1.29 is 23.8 Å². The molecule has 0 bridgehead atoms. The van der Waals surface area contributed by atoms with Crippen molar-refractivity contribution in [3.63, 3.8) is 0 Å². The van der Waals surface area contributed by atoms with Crippen LogP contribution in [-0.4, -0.2) is 37.4 Å². The highest BCUT2D eigenvalue weighted by molar-refractivity contribution is 5.89. The van der Waals surface area contributed by atoms with Crippen LogP contribution in [0, 0.1) is 5.41 Å². The summed E-state index contributed by atoms with van der Waals surface area (Å²) in [6.45, 7) is 0.435. The summed E-state index contributed by atoms with van der Waals surface area (Å²) in [5, 5.41) is 0. The van der Waals surface area contributed by atoms with Crippen LogP contribution >= 0.6 is 0 Å². The molecule has 1 saturated carbocycles. The molecule has 1 aliphatic heterocycles. The second-order valence-electron chi connectivity index (χ2n) is 7.34. The molecule has 2 unspecified atom stereocenters. The summed E-state index contributed by atoms with van der Waals surface area (Å²) in [5.41, 5.74) is 0.641. The van der Waals surface area contributed by atoms with Crippen molar-refractivity contribution in [3.8, 4) is 0 Å². The van der Waals surface area contributed by atoms with Crippen molar-refractivity contribution in [2.75, 3.05) is 13.2 Å². The molecular formula is C22H22O5. The average Bonchev–Trinajstić information content (AvgIpc) is 3.50. The SMILES string of the molecule is O=C(OCC1(COC(=O)c2ccccc2)CCC2OC2C1)c1ccccc1. The van der Waals surface area contributed by atoms with Gasteiger partial charge in [0.15, 0.2) is 0 Å². The van der Waals surface area contributed by atoms with Crippen LogP contribution in [0.2, 0.25) is 0 Å². The molecule has 2 fully saturated rings. The van der Waals surface area contributed by atoms with Gasteiger partial charge in [0.1, 0.15) is 13.2 Å². The summed E-state index contributed by atoms with van der Waals surface area (Å²) >= 11 is 0. The van der Waals surface area contributed by atoms with Crippen LogP contribution < -0.4 is 0 Å². The molecule has 4 rings (SSSR count). The van der Waals surface area contributed by atoms with Gasteiger partial charge in [-0.05, 0) is 43.5 Å². The van der Waals surface area contributed by atoms with Crippen LogP contribution in [0.1, 0.15) is 40.0 Å². The van der Waals surface area contributed by atoms with Crippen molar-refractivity contribution in [3.05, 3.63) is 71.8 Å². The molecule has 140 valence electrons. The van der Waals surface area contributed by atoms with E-state index in [1.807, 2.05) is 12.1 Å². The zero-order valence-corrected chi connectivity index (χ0v) is 15.0. The van der Waals surface area contributed by atoms with E-state index in [1.54, 1.807) is 48.5 Å². The Morgan fingerprint density at radius 2 is 1.37 bits per heavy atom. The van der Waals surface area contributed by atoms with Gasteiger partial charge in [0.25, 0.3) is 0 Å². The first-order valence-corrected chi connectivity index (χ1v) is 9.25. The second kappa shape index (κ2) is 7.53. The number of rotatable bonds is 6. The number of hydrogen-bond acceptors (Lipinski definition) is 5. The summed E-state index contributed by atoms with van der Waals surface area (Å²) in [6.07, 6.45) is 2.94. The summed E-state index contributed by atoms with van der Waals surface area (Å²) in [7, 11) is 0. The van der Waals surface area contributed by atoms with E-state index in [1.165, 1.54) is 0 Å². The van der Waals surface area contributed by atoms with E-state index in [9.17, 15) is 9.59 Å². The van der Waals surface area contributed by atoms with E-state index in [4.69, 9.17) is 14.2 Å². The quantitative estimate of drug-likeness (QED) is 0.577. The van der Waals surface area contributed by atoms with E-state index in [-0.39, 0.29) is 31.3 Å². The van der Waals surface area contributed by atoms with Gasteiger partial charge in [0.2, 0.25) is 0 Å². The first kappa shape index (κ1) is 17.7. The number of carbonyl (C=O) groups is 2. The lowest BCUT2D eigenvalue weighted by molar-refractivity contribution is -0.0172. The lowest BCUT2D eigenvalue weighted by Crippen LogP contribution is -2.38. The summed E-state index contributed by atoms with van der Waals surface area (Å²) < 4.78 is 16.8. The van der Waals surface area contributed by atoms with E-state index >= 15 is 0 Å². The van der Waals surface area contributed by atoms with Crippen molar-refractivity contribution in [1.29, 1.82) is 0 Å².